The number of nitrogens with zero attached hydrogens (tertiary/aromatic N) is 1. The highest BCUT2D eigenvalue weighted by Gasteiger charge is 2.30. The van der Waals surface area contributed by atoms with E-state index >= 15 is 0 Å². The molecule has 0 atom stereocenters. The predicted molar refractivity (Wildman–Crippen MR) is 75.9 cm³/mol. The van der Waals surface area contributed by atoms with E-state index in [1.807, 2.05) is 0 Å². The highest BCUT2D eigenvalue weighted by molar-refractivity contribution is 5.78. The maximum atomic E-state index is 12.1. The van der Waals surface area contributed by atoms with Crippen LogP contribution < -0.4 is 5.32 Å². The molecule has 2 rings (SSSR count). The Morgan fingerprint density at radius 3 is 2.26 bits per heavy atom. The molecular formula is C15H28N2O2. The van der Waals surface area contributed by atoms with Crippen molar-refractivity contribution in [2.24, 2.45) is 0 Å². The Balaban J connectivity index is 1.72. The minimum Gasteiger partial charge on any atom is -0.395 e. The fourth-order valence-corrected chi connectivity index (χ4v) is 3.02. The lowest BCUT2D eigenvalue weighted by molar-refractivity contribution is -0.123. The van der Waals surface area contributed by atoms with Crippen LogP contribution in [0, 0.1) is 0 Å². The van der Waals surface area contributed by atoms with Crippen LogP contribution >= 0.6 is 0 Å². The summed E-state index contributed by atoms with van der Waals surface area (Å²) >= 11 is 0. The number of carbonyl (C=O) groups excluding carboxylic acids is 1. The van der Waals surface area contributed by atoms with Crippen molar-refractivity contribution in [3.05, 3.63) is 0 Å². The molecule has 0 unspecified atom stereocenters. The molecule has 4 nitrogen and oxygen atoms in total. The Morgan fingerprint density at radius 1 is 1.05 bits per heavy atom. The van der Waals surface area contributed by atoms with Crippen molar-refractivity contribution < 1.29 is 9.90 Å². The van der Waals surface area contributed by atoms with Crippen LogP contribution in [0.2, 0.25) is 0 Å². The van der Waals surface area contributed by atoms with Gasteiger partial charge in [-0.3, -0.25) is 9.69 Å². The molecule has 0 radical (unpaired) electrons. The number of aliphatic hydroxyl groups is 1. The quantitative estimate of drug-likeness (QED) is 0.770. The number of hydrogen-bond acceptors (Lipinski definition) is 3. The molecular weight excluding hydrogens is 240 g/mol. The number of rotatable bonds is 6. The summed E-state index contributed by atoms with van der Waals surface area (Å²) in [5.74, 6) is 0.144. The smallest absolute Gasteiger partial charge is 0.234 e. The molecule has 2 fully saturated rings. The van der Waals surface area contributed by atoms with E-state index in [2.05, 4.69) is 10.2 Å². The summed E-state index contributed by atoms with van der Waals surface area (Å²) in [6.07, 6.45) is 11.1. The van der Waals surface area contributed by atoms with Crippen molar-refractivity contribution >= 4 is 5.91 Å². The average molecular weight is 268 g/mol. The molecule has 1 amide bonds. The fraction of sp³-hybridized carbons (Fsp3) is 0.933. The molecule has 2 aliphatic carbocycles. The van der Waals surface area contributed by atoms with Crippen LogP contribution in [0.15, 0.2) is 0 Å². The van der Waals surface area contributed by atoms with E-state index in [9.17, 15) is 4.79 Å². The van der Waals surface area contributed by atoms with Crippen molar-refractivity contribution in [1.82, 2.24) is 10.2 Å². The summed E-state index contributed by atoms with van der Waals surface area (Å²) in [5.41, 5.74) is 0. The first kappa shape index (κ1) is 14.8. The minimum absolute atomic E-state index is 0.144. The summed E-state index contributed by atoms with van der Waals surface area (Å²) < 4.78 is 0. The van der Waals surface area contributed by atoms with Crippen LogP contribution in [0.3, 0.4) is 0 Å². The lowest BCUT2D eigenvalue weighted by Crippen LogP contribution is -2.43. The zero-order chi connectivity index (χ0) is 13.5. The largest absolute Gasteiger partial charge is 0.395 e. The number of nitrogens with one attached hydrogen (secondary N) is 1. The number of aliphatic hydroxyl groups excluding tert-OH is 1. The van der Waals surface area contributed by atoms with E-state index < -0.39 is 0 Å². The van der Waals surface area contributed by atoms with Gasteiger partial charge in [0.1, 0.15) is 0 Å². The number of carbonyl (C=O) groups is 1. The maximum Gasteiger partial charge on any atom is 0.234 e. The van der Waals surface area contributed by atoms with Crippen LogP contribution in [0.1, 0.15) is 57.8 Å². The Labute approximate surface area is 116 Å². The average Bonchev–Trinajstić information content (AvgIpc) is 3.16. The molecule has 0 aromatic rings. The number of hydrogen-bond donors (Lipinski definition) is 2. The van der Waals surface area contributed by atoms with Gasteiger partial charge in [-0.15, -0.1) is 0 Å². The van der Waals surface area contributed by atoms with Gasteiger partial charge >= 0.3 is 0 Å². The first-order valence-electron chi connectivity index (χ1n) is 7.94. The van der Waals surface area contributed by atoms with E-state index in [4.69, 9.17) is 5.11 Å². The summed E-state index contributed by atoms with van der Waals surface area (Å²) in [7, 11) is 0. The molecule has 0 aromatic carbocycles. The van der Waals surface area contributed by atoms with Crippen LogP contribution in [-0.4, -0.2) is 47.7 Å². The van der Waals surface area contributed by atoms with E-state index in [0.717, 1.165) is 12.8 Å². The minimum atomic E-state index is 0.144. The van der Waals surface area contributed by atoms with Crippen molar-refractivity contribution in [1.29, 1.82) is 0 Å². The van der Waals surface area contributed by atoms with E-state index in [1.165, 1.54) is 44.9 Å². The third-order valence-corrected chi connectivity index (χ3v) is 4.27. The van der Waals surface area contributed by atoms with E-state index in [0.29, 0.717) is 25.2 Å². The molecule has 0 heterocycles. The Hall–Kier alpha value is -0.610. The standard InChI is InChI=1S/C15H28N2O2/c18-11-10-17(14-8-9-14)12-15(19)16-13-6-4-2-1-3-5-7-13/h13-14,18H,1-12H2,(H,16,19). The van der Waals surface area contributed by atoms with E-state index in [-0.39, 0.29) is 12.5 Å². The molecule has 2 saturated carbocycles. The summed E-state index contributed by atoms with van der Waals surface area (Å²) in [6, 6.07) is 0.915. The Morgan fingerprint density at radius 2 is 1.68 bits per heavy atom. The van der Waals surface area contributed by atoms with Crippen molar-refractivity contribution in [2.45, 2.75) is 69.9 Å². The number of amides is 1. The van der Waals surface area contributed by atoms with Crippen molar-refractivity contribution in [2.75, 3.05) is 19.7 Å². The molecule has 0 spiro atoms. The zero-order valence-corrected chi connectivity index (χ0v) is 11.9. The zero-order valence-electron chi connectivity index (χ0n) is 11.9. The second-order valence-corrected chi connectivity index (χ2v) is 6.03. The first-order valence-corrected chi connectivity index (χ1v) is 7.94. The van der Waals surface area contributed by atoms with Crippen molar-refractivity contribution in [3.63, 3.8) is 0 Å². The van der Waals surface area contributed by atoms with Gasteiger partial charge in [0.15, 0.2) is 0 Å². The van der Waals surface area contributed by atoms with Crippen LogP contribution in [-0.2, 0) is 4.79 Å². The van der Waals surface area contributed by atoms with Crippen LogP contribution in [0.4, 0.5) is 0 Å². The second kappa shape index (κ2) is 7.85. The normalized spacial score (nSPS) is 22.0. The first-order chi connectivity index (χ1) is 9.29. The molecule has 110 valence electrons. The summed E-state index contributed by atoms with van der Waals surface area (Å²) in [4.78, 5) is 14.2. The van der Waals surface area contributed by atoms with Gasteiger partial charge in [0.2, 0.25) is 5.91 Å². The lowest BCUT2D eigenvalue weighted by Gasteiger charge is -2.24. The molecule has 4 heteroatoms. The molecule has 0 bridgehead atoms. The molecule has 2 N–H and O–H groups in total. The Bertz CT molecular complexity index is 271. The monoisotopic (exact) mass is 268 g/mol. The van der Waals surface area contributed by atoms with Gasteiger partial charge in [-0.2, -0.15) is 0 Å². The van der Waals surface area contributed by atoms with Gasteiger partial charge in [0.25, 0.3) is 0 Å². The fourth-order valence-electron chi connectivity index (χ4n) is 3.02. The third-order valence-electron chi connectivity index (χ3n) is 4.27. The second-order valence-electron chi connectivity index (χ2n) is 6.03. The van der Waals surface area contributed by atoms with Gasteiger partial charge in [0, 0.05) is 18.6 Å². The summed E-state index contributed by atoms with van der Waals surface area (Å²) in [5, 5.41) is 12.2. The molecule has 19 heavy (non-hydrogen) atoms. The third kappa shape index (κ3) is 5.49. The van der Waals surface area contributed by atoms with Gasteiger partial charge in [-0.25, -0.2) is 0 Å². The summed E-state index contributed by atoms with van der Waals surface area (Å²) in [6.45, 7) is 1.23. The van der Waals surface area contributed by atoms with Gasteiger partial charge < -0.3 is 10.4 Å². The molecule has 0 saturated heterocycles. The topological polar surface area (TPSA) is 52.6 Å². The van der Waals surface area contributed by atoms with Gasteiger partial charge in [-0.05, 0) is 25.7 Å². The molecule has 2 aliphatic rings. The lowest BCUT2D eigenvalue weighted by atomic mass is 9.97. The predicted octanol–water partition coefficient (Wildman–Crippen LogP) is 1.67. The highest BCUT2D eigenvalue weighted by atomic mass is 16.3. The Kier molecular flexibility index (Phi) is 6.11. The SMILES string of the molecule is O=C(CN(CCO)C1CC1)NC1CCCCCCC1. The van der Waals surface area contributed by atoms with Gasteiger partial charge in [-0.1, -0.05) is 32.1 Å². The van der Waals surface area contributed by atoms with Crippen molar-refractivity contribution in [3.8, 4) is 0 Å². The maximum absolute atomic E-state index is 12.1. The highest BCUT2D eigenvalue weighted by Crippen LogP contribution is 2.26. The van der Waals surface area contributed by atoms with Crippen LogP contribution in [0.25, 0.3) is 0 Å². The van der Waals surface area contributed by atoms with Gasteiger partial charge in [0.05, 0.1) is 13.2 Å². The van der Waals surface area contributed by atoms with E-state index in [1.54, 1.807) is 0 Å². The molecule has 0 aliphatic heterocycles. The van der Waals surface area contributed by atoms with Crippen LogP contribution in [0.5, 0.6) is 0 Å². The molecule has 0 aromatic heterocycles.